The van der Waals surface area contributed by atoms with Gasteiger partial charge >= 0.3 is 6.09 Å². The van der Waals surface area contributed by atoms with E-state index in [2.05, 4.69) is 5.43 Å². The van der Waals surface area contributed by atoms with Gasteiger partial charge in [-0.3, -0.25) is 5.43 Å². The minimum atomic E-state index is -1.00. The molecule has 0 spiro atoms. The molecule has 1 atom stereocenters. The van der Waals surface area contributed by atoms with Crippen LogP contribution in [-0.4, -0.2) is 28.9 Å². The van der Waals surface area contributed by atoms with Crippen molar-refractivity contribution >= 4 is 11.7 Å². The van der Waals surface area contributed by atoms with Crippen LogP contribution in [0, 0.1) is 0 Å². The molecular formula is C11H10N2O3. The summed E-state index contributed by atoms with van der Waals surface area (Å²) in [4.78, 5) is 10.9. The fourth-order valence-corrected chi connectivity index (χ4v) is 2.07. The third kappa shape index (κ3) is 1.14. The number of para-hydroxylation sites is 1. The van der Waals surface area contributed by atoms with Gasteiger partial charge in [0.05, 0.1) is 0 Å². The zero-order valence-corrected chi connectivity index (χ0v) is 8.38. The minimum absolute atomic E-state index is 0.257. The van der Waals surface area contributed by atoms with E-state index in [9.17, 15) is 4.79 Å². The third-order valence-electron chi connectivity index (χ3n) is 2.83. The van der Waals surface area contributed by atoms with Gasteiger partial charge in [-0.2, -0.15) is 0 Å². The Morgan fingerprint density at radius 2 is 2.31 bits per heavy atom. The van der Waals surface area contributed by atoms with Crippen molar-refractivity contribution in [3.63, 3.8) is 0 Å². The van der Waals surface area contributed by atoms with Gasteiger partial charge < -0.3 is 9.84 Å². The fraction of sp³-hybridized carbons (Fsp3) is 0.182. The molecule has 2 aliphatic rings. The molecule has 1 aromatic rings. The second-order valence-electron chi connectivity index (χ2n) is 3.70. The molecule has 0 radical (unpaired) electrons. The maximum absolute atomic E-state index is 10.9. The SMILES string of the molecule is O=C(O)N1NC=C2c3ccccc3OCC21. The predicted molar refractivity (Wildman–Crippen MR) is 56.7 cm³/mol. The first-order chi connectivity index (χ1) is 7.77. The van der Waals surface area contributed by atoms with Crippen molar-refractivity contribution in [3.8, 4) is 5.75 Å². The molecule has 0 saturated heterocycles. The van der Waals surface area contributed by atoms with E-state index < -0.39 is 6.09 Å². The number of fused-ring (bicyclic) bond motifs is 3. The average molecular weight is 218 g/mol. The first kappa shape index (κ1) is 9.08. The Morgan fingerprint density at radius 1 is 1.50 bits per heavy atom. The van der Waals surface area contributed by atoms with Gasteiger partial charge in [0.15, 0.2) is 0 Å². The normalized spacial score (nSPS) is 21.4. The van der Waals surface area contributed by atoms with Crippen LogP contribution in [0.3, 0.4) is 0 Å². The van der Waals surface area contributed by atoms with E-state index in [1.807, 2.05) is 24.3 Å². The average Bonchev–Trinajstić information content (AvgIpc) is 2.73. The van der Waals surface area contributed by atoms with Crippen molar-refractivity contribution in [2.45, 2.75) is 6.04 Å². The highest BCUT2D eigenvalue weighted by atomic mass is 16.5. The second-order valence-corrected chi connectivity index (χ2v) is 3.70. The van der Waals surface area contributed by atoms with E-state index in [-0.39, 0.29) is 6.04 Å². The molecule has 0 bridgehead atoms. The lowest BCUT2D eigenvalue weighted by Gasteiger charge is -2.28. The second kappa shape index (κ2) is 3.16. The maximum atomic E-state index is 10.9. The van der Waals surface area contributed by atoms with E-state index >= 15 is 0 Å². The van der Waals surface area contributed by atoms with Gasteiger partial charge in [-0.15, -0.1) is 0 Å². The standard InChI is InChI=1S/C11H10N2O3/c14-11(15)13-9-6-16-10-4-2-1-3-7(10)8(9)5-12-13/h1-5,9,12H,6H2,(H,14,15). The highest BCUT2D eigenvalue weighted by Crippen LogP contribution is 2.36. The molecule has 2 heterocycles. The number of ether oxygens (including phenoxy) is 1. The van der Waals surface area contributed by atoms with Crippen LogP contribution in [0.2, 0.25) is 0 Å². The van der Waals surface area contributed by atoms with E-state index in [1.165, 1.54) is 0 Å². The lowest BCUT2D eigenvalue weighted by Crippen LogP contribution is -2.46. The number of hydrogen-bond acceptors (Lipinski definition) is 3. The number of nitrogens with one attached hydrogen (secondary N) is 1. The fourth-order valence-electron chi connectivity index (χ4n) is 2.07. The molecule has 0 aromatic heterocycles. The number of rotatable bonds is 0. The molecule has 2 N–H and O–H groups in total. The molecule has 3 rings (SSSR count). The van der Waals surface area contributed by atoms with E-state index in [1.54, 1.807) is 6.20 Å². The molecule has 2 aliphatic heterocycles. The summed E-state index contributed by atoms with van der Waals surface area (Å²) >= 11 is 0. The molecule has 5 nitrogen and oxygen atoms in total. The Kier molecular flexibility index (Phi) is 1.80. The Morgan fingerprint density at radius 3 is 3.12 bits per heavy atom. The van der Waals surface area contributed by atoms with E-state index in [0.29, 0.717) is 6.61 Å². The Balaban J connectivity index is 2.02. The van der Waals surface area contributed by atoms with Crippen LogP contribution in [0.15, 0.2) is 30.5 Å². The van der Waals surface area contributed by atoms with Gasteiger partial charge in [-0.05, 0) is 6.07 Å². The summed E-state index contributed by atoms with van der Waals surface area (Å²) in [6.45, 7) is 0.349. The lowest BCUT2D eigenvalue weighted by molar-refractivity contribution is 0.107. The summed E-state index contributed by atoms with van der Waals surface area (Å²) in [7, 11) is 0. The summed E-state index contributed by atoms with van der Waals surface area (Å²) in [6.07, 6.45) is 0.722. The third-order valence-corrected chi connectivity index (χ3v) is 2.83. The van der Waals surface area contributed by atoms with Crippen LogP contribution in [0.5, 0.6) is 5.75 Å². The zero-order chi connectivity index (χ0) is 11.1. The number of hydrazine groups is 1. The van der Waals surface area contributed by atoms with Crippen LogP contribution >= 0.6 is 0 Å². The van der Waals surface area contributed by atoms with Crippen molar-refractivity contribution in [2.75, 3.05) is 6.61 Å². The highest BCUT2D eigenvalue weighted by molar-refractivity contribution is 5.81. The molecule has 1 unspecified atom stereocenters. The van der Waals surface area contributed by atoms with Gasteiger partial charge in [0.1, 0.15) is 18.4 Å². The molecule has 0 fully saturated rings. The molecular weight excluding hydrogens is 208 g/mol. The van der Waals surface area contributed by atoms with Crippen molar-refractivity contribution in [3.05, 3.63) is 36.0 Å². The van der Waals surface area contributed by atoms with Gasteiger partial charge in [0.25, 0.3) is 0 Å². The quantitative estimate of drug-likeness (QED) is 0.688. The molecule has 0 aliphatic carbocycles. The van der Waals surface area contributed by atoms with Crippen molar-refractivity contribution < 1.29 is 14.6 Å². The van der Waals surface area contributed by atoms with Crippen molar-refractivity contribution in [1.82, 2.24) is 10.4 Å². The summed E-state index contributed by atoms with van der Waals surface area (Å²) in [6, 6.07) is 7.37. The molecule has 16 heavy (non-hydrogen) atoms. The highest BCUT2D eigenvalue weighted by Gasteiger charge is 2.36. The van der Waals surface area contributed by atoms with E-state index in [4.69, 9.17) is 9.84 Å². The van der Waals surface area contributed by atoms with Crippen molar-refractivity contribution in [2.24, 2.45) is 0 Å². The van der Waals surface area contributed by atoms with Crippen LogP contribution < -0.4 is 10.2 Å². The number of carbonyl (C=O) groups is 1. The number of benzene rings is 1. The van der Waals surface area contributed by atoms with Gasteiger partial charge in [-0.25, -0.2) is 9.80 Å². The van der Waals surface area contributed by atoms with Crippen molar-refractivity contribution in [1.29, 1.82) is 0 Å². The number of carboxylic acid groups (broad SMARTS) is 1. The van der Waals surface area contributed by atoms with Gasteiger partial charge in [0, 0.05) is 17.3 Å². The van der Waals surface area contributed by atoms with Crippen LogP contribution in [0.1, 0.15) is 5.56 Å². The molecule has 0 saturated carbocycles. The molecule has 82 valence electrons. The number of nitrogens with zero attached hydrogens (tertiary/aromatic N) is 1. The zero-order valence-electron chi connectivity index (χ0n) is 8.38. The number of hydrogen-bond donors (Lipinski definition) is 2. The molecule has 1 aromatic carbocycles. The monoisotopic (exact) mass is 218 g/mol. The van der Waals surface area contributed by atoms with Gasteiger partial charge in [0.2, 0.25) is 0 Å². The summed E-state index contributed by atoms with van der Waals surface area (Å²) in [5.74, 6) is 0.805. The largest absolute Gasteiger partial charge is 0.490 e. The first-order valence-corrected chi connectivity index (χ1v) is 4.98. The van der Waals surface area contributed by atoms with E-state index in [0.717, 1.165) is 21.9 Å². The van der Waals surface area contributed by atoms with Gasteiger partial charge in [-0.1, -0.05) is 18.2 Å². The topological polar surface area (TPSA) is 61.8 Å². The Labute approximate surface area is 91.9 Å². The number of amides is 1. The van der Waals surface area contributed by atoms with Crippen LogP contribution in [0.4, 0.5) is 4.79 Å². The van der Waals surface area contributed by atoms with Crippen LogP contribution in [0.25, 0.3) is 5.57 Å². The first-order valence-electron chi connectivity index (χ1n) is 4.98. The summed E-state index contributed by atoms with van der Waals surface area (Å²) < 4.78 is 5.53. The Bertz CT molecular complexity index is 484. The smallest absolute Gasteiger partial charge is 0.426 e. The summed E-state index contributed by atoms with van der Waals surface area (Å²) in [5.41, 5.74) is 4.65. The summed E-state index contributed by atoms with van der Waals surface area (Å²) in [5, 5.41) is 10.1. The van der Waals surface area contributed by atoms with Crippen LogP contribution in [-0.2, 0) is 0 Å². The molecule has 1 amide bonds. The molecule has 5 heteroatoms. The predicted octanol–water partition coefficient (Wildman–Crippen LogP) is 1.29. The maximum Gasteiger partial charge on any atom is 0.426 e. The lowest BCUT2D eigenvalue weighted by atomic mass is 9.97. The minimum Gasteiger partial charge on any atom is -0.490 e. The Hall–Kier alpha value is -2.17.